The first-order chi connectivity index (χ1) is 8.22. The predicted molar refractivity (Wildman–Crippen MR) is 71.0 cm³/mol. The molecule has 0 fully saturated rings. The molecule has 96 valence electrons. The van der Waals surface area contributed by atoms with Crippen molar-refractivity contribution in [2.24, 2.45) is 0 Å². The molecule has 3 nitrogen and oxygen atoms in total. The third-order valence-electron chi connectivity index (χ3n) is 3.02. The van der Waals surface area contributed by atoms with Gasteiger partial charge in [0.2, 0.25) is 0 Å². The maximum atomic E-state index is 9.45. The Bertz CT molecular complexity index is 290. The molecule has 1 rings (SSSR count). The van der Waals surface area contributed by atoms with E-state index in [4.69, 9.17) is 0 Å². The molecule has 0 bridgehead atoms. The fraction of sp³-hybridized carbons (Fsp3) is 0.643. The molecule has 1 N–H and O–H groups in total. The van der Waals surface area contributed by atoms with Gasteiger partial charge in [-0.15, -0.1) is 0 Å². The second-order valence-corrected chi connectivity index (χ2v) is 4.58. The zero-order valence-electron chi connectivity index (χ0n) is 11.0. The second-order valence-electron chi connectivity index (χ2n) is 4.58. The van der Waals surface area contributed by atoms with Crippen LogP contribution in [0.5, 0.6) is 0 Å². The molecule has 0 amide bonds. The van der Waals surface area contributed by atoms with Crippen LogP contribution >= 0.6 is 0 Å². The molecule has 1 aromatic rings. The highest BCUT2D eigenvalue weighted by atomic mass is 16.3. The van der Waals surface area contributed by atoms with Crippen LogP contribution in [0.15, 0.2) is 24.4 Å². The minimum Gasteiger partial charge on any atom is -0.393 e. The van der Waals surface area contributed by atoms with Gasteiger partial charge in [-0.3, -0.25) is 4.98 Å². The Morgan fingerprint density at radius 3 is 2.82 bits per heavy atom. The number of nitrogens with zero attached hydrogens (tertiary/aromatic N) is 2. The highest BCUT2D eigenvalue weighted by molar-refractivity contribution is 5.03. The summed E-state index contributed by atoms with van der Waals surface area (Å²) in [7, 11) is 2.13. The van der Waals surface area contributed by atoms with E-state index in [1.54, 1.807) is 0 Å². The summed E-state index contributed by atoms with van der Waals surface area (Å²) in [6.07, 6.45) is 5.54. The van der Waals surface area contributed by atoms with Crippen LogP contribution in [0.25, 0.3) is 0 Å². The summed E-state index contributed by atoms with van der Waals surface area (Å²) in [5.74, 6) is 0. The summed E-state index contributed by atoms with van der Waals surface area (Å²) in [5.41, 5.74) is 1.15. The van der Waals surface area contributed by atoms with Crippen molar-refractivity contribution in [1.82, 2.24) is 9.88 Å². The van der Waals surface area contributed by atoms with E-state index < -0.39 is 0 Å². The summed E-state index contributed by atoms with van der Waals surface area (Å²) >= 11 is 0. The zero-order chi connectivity index (χ0) is 12.5. The lowest BCUT2D eigenvalue weighted by molar-refractivity contribution is 0.152. The smallest absolute Gasteiger partial charge is 0.0538 e. The van der Waals surface area contributed by atoms with Crippen molar-refractivity contribution in [3.63, 3.8) is 0 Å². The van der Waals surface area contributed by atoms with Crippen LogP contribution in [0.3, 0.4) is 0 Å². The molecule has 0 aromatic carbocycles. The highest BCUT2D eigenvalue weighted by Crippen LogP contribution is 2.03. The van der Waals surface area contributed by atoms with Gasteiger partial charge in [0.05, 0.1) is 6.10 Å². The van der Waals surface area contributed by atoms with Gasteiger partial charge in [0.25, 0.3) is 0 Å². The number of hydrogen-bond acceptors (Lipinski definition) is 3. The minimum absolute atomic E-state index is 0.126. The first-order valence-electron chi connectivity index (χ1n) is 6.49. The van der Waals surface area contributed by atoms with E-state index in [9.17, 15) is 5.11 Å². The van der Waals surface area contributed by atoms with Crippen molar-refractivity contribution in [1.29, 1.82) is 0 Å². The molecule has 0 saturated heterocycles. The van der Waals surface area contributed by atoms with Crippen LogP contribution in [0, 0.1) is 0 Å². The van der Waals surface area contributed by atoms with Crippen LogP contribution < -0.4 is 0 Å². The van der Waals surface area contributed by atoms with Gasteiger partial charge in [-0.1, -0.05) is 13.0 Å². The normalized spacial score (nSPS) is 12.9. The Morgan fingerprint density at radius 2 is 2.18 bits per heavy atom. The van der Waals surface area contributed by atoms with Crippen LogP contribution in [-0.4, -0.2) is 41.2 Å². The molecule has 1 unspecified atom stereocenters. The van der Waals surface area contributed by atoms with Crippen LogP contribution in [-0.2, 0) is 6.42 Å². The summed E-state index contributed by atoms with van der Waals surface area (Å²) < 4.78 is 0. The minimum atomic E-state index is -0.126. The third kappa shape index (κ3) is 6.39. The molecule has 0 saturated carbocycles. The first-order valence-corrected chi connectivity index (χ1v) is 6.49. The summed E-state index contributed by atoms with van der Waals surface area (Å²) in [5, 5.41) is 9.45. The van der Waals surface area contributed by atoms with Crippen LogP contribution in [0.1, 0.15) is 31.9 Å². The van der Waals surface area contributed by atoms with Gasteiger partial charge in [0.15, 0.2) is 0 Å². The van der Waals surface area contributed by atoms with Crippen molar-refractivity contribution >= 4 is 0 Å². The molecule has 0 radical (unpaired) electrons. The standard InChI is InChI=1S/C14H24N2O/c1-3-14(17)8-6-11-16(2)12-9-13-7-4-5-10-15-13/h4-5,7,10,14,17H,3,6,8-9,11-12H2,1-2H3. The molecule has 1 aromatic heterocycles. The lowest BCUT2D eigenvalue weighted by Crippen LogP contribution is -2.23. The SMILES string of the molecule is CCC(O)CCCN(C)CCc1ccccn1. The molecule has 17 heavy (non-hydrogen) atoms. The van der Waals surface area contributed by atoms with Crippen molar-refractivity contribution < 1.29 is 5.11 Å². The summed E-state index contributed by atoms with van der Waals surface area (Å²) in [4.78, 5) is 6.61. The van der Waals surface area contributed by atoms with Crippen molar-refractivity contribution in [3.8, 4) is 0 Å². The van der Waals surface area contributed by atoms with Gasteiger partial charge >= 0.3 is 0 Å². The predicted octanol–water partition coefficient (Wildman–Crippen LogP) is 2.11. The number of likely N-dealkylation sites (N-methyl/N-ethyl adjacent to an activating group) is 1. The van der Waals surface area contributed by atoms with Crippen molar-refractivity contribution in [2.45, 2.75) is 38.7 Å². The fourth-order valence-electron chi connectivity index (χ4n) is 1.76. The van der Waals surface area contributed by atoms with E-state index in [0.29, 0.717) is 0 Å². The van der Waals surface area contributed by atoms with E-state index >= 15 is 0 Å². The number of pyridine rings is 1. The molecule has 1 atom stereocenters. The summed E-state index contributed by atoms with van der Waals surface area (Å²) in [6.45, 7) is 4.10. The van der Waals surface area contributed by atoms with Gasteiger partial charge < -0.3 is 10.0 Å². The summed E-state index contributed by atoms with van der Waals surface area (Å²) in [6, 6.07) is 6.04. The number of aliphatic hydroxyl groups is 1. The quantitative estimate of drug-likeness (QED) is 0.751. The van der Waals surface area contributed by atoms with E-state index in [1.165, 1.54) is 0 Å². The third-order valence-corrected chi connectivity index (χ3v) is 3.02. The molecular weight excluding hydrogens is 212 g/mol. The van der Waals surface area contributed by atoms with Crippen LogP contribution in [0.2, 0.25) is 0 Å². The molecule has 0 aliphatic heterocycles. The molecule has 1 heterocycles. The Balaban J connectivity index is 2.11. The average molecular weight is 236 g/mol. The molecular formula is C14H24N2O. The molecule has 3 heteroatoms. The van der Waals surface area contributed by atoms with Crippen molar-refractivity contribution in [2.75, 3.05) is 20.1 Å². The van der Waals surface area contributed by atoms with Gasteiger partial charge in [-0.05, 0) is 45.0 Å². The fourth-order valence-corrected chi connectivity index (χ4v) is 1.76. The zero-order valence-corrected chi connectivity index (χ0v) is 11.0. The Kier molecular flexibility index (Phi) is 6.82. The molecule has 0 aliphatic rings. The number of hydrogen-bond donors (Lipinski definition) is 1. The average Bonchev–Trinajstić information content (AvgIpc) is 2.37. The van der Waals surface area contributed by atoms with E-state index in [2.05, 4.69) is 23.0 Å². The Morgan fingerprint density at radius 1 is 1.35 bits per heavy atom. The largest absolute Gasteiger partial charge is 0.393 e. The Labute approximate surface area is 104 Å². The van der Waals surface area contributed by atoms with Crippen LogP contribution in [0.4, 0.5) is 0 Å². The van der Waals surface area contributed by atoms with Crippen molar-refractivity contribution in [3.05, 3.63) is 30.1 Å². The molecule has 0 spiro atoms. The number of rotatable bonds is 8. The van der Waals surface area contributed by atoms with E-state index in [0.717, 1.165) is 44.5 Å². The van der Waals surface area contributed by atoms with Gasteiger partial charge in [-0.2, -0.15) is 0 Å². The number of aliphatic hydroxyl groups excluding tert-OH is 1. The monoisotopic (exact) mass is 236 g/mol. The van der Waals surface area contributed by atoms with Gasteiger partial charge in [-0.25, -0.2) is 0 Å². The lowest BCUT2D eigenvalue weighted by Gasteiger charge is -2.17. The maximum absolute atomic E-state index is 9.45. The Hall–Kier alpha value is -0.930. The maximum Gasteiger partial charge on any atom is 0.0538 e. The molecule has 0 aliphatic carbocycles. The van der Waals surface area contributed by atoms with E-state index in [-0.39, 0.29) is 6.10 Å². The topological polar surface area (TPSA) is 36.4 Å². The first kappa shape index (κ1) is 14.1. The highest BCUT2D eigenvalue weighted by Gasteiger charge is 2.03. The lowest BCUT2D eigenvalue weighted by atomic mass is 10.1. The second kappa shape index (κ2) is 8.20. The number of aromatic nitrogens is 1. The van der Waals surface area contributed by atoms with Gasteiger partial charge in [0.1, 0.15) is 0 Å². The van der Waals surface area contributed by atoms with Gasteiger partial charge in [0, 0.05) is 24.9 Å². The van der Waals surface area contributed by atoms with E-state index in [1.807, 2.05) is 25.3 Å².